The number of hydrogen-bond acceptors (Lipinski definition) is 8. The lowest BCUT2D eigenvalue weighted by atomic mass is 10.1. The molecule has 11 heteroatoms. The Morgan fingerprint density at radius 3 is 2.64 bits per heavy atom. The molecule has 0 aliphatic rings. The molecule has 0 saturated heterocycles. The minimum Gasteiger partial charge on any atom is -0.410 e. The van der Waals surface area contributed by atoms with Gasteiger partial charge in [-0.1, -0.05) is 38.1 Å². The number of thiazole rings is 1. The Kier molecular flexibility index (Phi) is 7.00. The third kappa shape index (κ3) is 5.56. The van der Waals surface area contributed by atoms with E-state index < -0.39 is 8.32 Å². The SMILES string of the molecule is Cc1nc(-c2ccc(C)c(NC(=O)c3cnc4cc(-c5csc(CO[Si](C)(C)C(C)(C)C)n5)ccn34)c2)no1. The molecule has 0 aliphatic heterocycles. The van der Waals surface area contributed by atoms with Gasteiger partial charge in [0, 0.05) is 35.3 Å². The maximum Gasteiger partial charge on any atom is 0.274 e. The van der Waals surface area contributed by atoms with E-state index in [4.69, 9.17) is 13.9 Å². The number of imidazole rings is 1. The van der Waals surface area contributed by atoms with Gasteiger partial charge >= 0.3 is 0 Å². The van der Waals surface area contributed by atoms with Crippen LogP contribution in [0, 0.1) is 13.8 Å². The monoisotopic (exact) mass is 560 g/mol. The number of aryl methyl sites for hydroxylation is 2. The first-order valence-corrected chi connectivity index (χ1v) is 16.5. The summed E-state index contributed by atoms with van der Waals surface area (Å²) < 4.78 is 13.2. The second kappa shape index (κ2) is 10.1. The van der Waals surface area contributed by atoms with Crippen molar-refractivity contribution in [3.8, 4) is 22.6 Å². The van der Waals surface area contributed by atoms with Gasteiger partial charge in [-0.2, -0.15) is 4.98 Å². The summed E-state index contributed by atoms with van der Waals surface area (Å²) in [4.78, 5) is 26.8. The molecule has 9 nitrogen and oxygen atoms in total. The summed E-state index contributed by atoms with van der Waals surface area (Å²) in [7, 11) is -1.85. The van der Waals surface area contributed by atoms with E-state index in [1.807, 2.05) is 48.8 Å². The third-order valence-corrected chi connectivity index (χ3v) is 12.5. The number of carbonyl (C=O) groups excluding carboxylic acids is 1. The van der Waals surface area contributed by atoms with Crippen LogP contribution in [0.1, 0.15) is 47.7 Å². The Labute approximate surface area is 232 Å². The van der Waals surface area contributed by atoms with Gasteiger partial charge in [-0.05, 0) is 48.8 Å². The van der Waals surface area contributed by atoms with E-state index in [0.29, 0.717) is 35.4 Å². The lowest BCUT2D eigenvalue weighted by Gasteiger charge is -2.35. The van der Waals surface area contributed by atoms with Crippen molar-refractivity contribution >= 4 is 36.9 Å². The van der Waals surface area contributed by atoms with Gasteiger partial charge in [0.15, 0.2) is 8.32 Å². The van der Waals surface area contributed by atoms with Crippen molar-refractivity contribution in [2.45, 2.75) is 59.4 Å². The van der Waals surface area contributed by atoms with E-state index in [1.165, 1.54) is 0 Å². The normalized spacial score (nSPS) is 12.3. The summed E-state index contributed by atoms with van der Waals surface area (Å²) in [5.74, 6) is 0.690. The largest absolute Gasteiger partial charge is 0.410 e. The van der Waals surface area contributed by atoms with Gasteiger partial charge in [0.05, 0.1) is 18.5 Å². The van der Waals surface area contributed by atoms with E-state index in [-0.39, 0.29) is 10.9 Å². The molecule has 1 N–H and O–H groups in total. The van der Waals surface area contributed by atoms with Crippen molar-refractivity contribution in [1.29, 1.82) is 0 Å². The molecule has 39 heavy (non-hydrogen) atoms. The number of fused-ring (bicyclic) bond motifs is 1. The van der Waals surface area contributed by atoms with Gasteiger partial charge in [-0.25, -0.2) is 9.97 Å². The average molecular weight is 561 g/mol. The summed E-state index contributed by atoms with van der Waals surface area (Å²) in [5, 5.41) is 10.1. The highest BCUT2D eigenvalue weighted by Gasteiger charge is 2.37. The van der Waals surface area contributed by atoms with E-state index >= 15 is 0 Å². The zero-order valence-corrected chi connectivity index (χ0v) is 25.0. The topological polar surface area (TPSA) is 107 Å². The first-order chi connectivity index (χ1) is 18.4. The summed E-state index contributed by atoms with van der Waals surface area (Å²) in [6.45, 7) is 15.4. The molecular formula is C28H32N6O3SSi. The zero-order valence-electron chi connectivity index (χ0n) is 23.2. The molecule has 1 aromatic carbocycles. The van der Waals surface area contributed by atoms with E-state index in [9.17, 15) is 4.79 Å². The van der Waals surface area contributed by atoms with Crippen LogP contribution in [0.4, 0.5) is 5.69 Å². The number of rotatable bonds is 7. The highest BCUT2D eigenvalue weighted by atomic mass is 32.1. The fourth-order valence-corrected chi connectivity index (χ4v) is 5.52. The molecule has 0 fully saturated rings. The molecule has 1 amide bonds. The first-order valence-electron chi connectivity index (χ1n) is 12.7. The number of hydrogen-bond donors (Lipinski definition) is 1. The molecule has 0 radical (unpaired) electrons. The highest BCUT2D eigenvalue weighted by Crippen LogP contribution is 2.37. The molecule has 4 aromatic heterocycles. The lowest BCUT2D eigenvalue weighted by molar-refractivity contribution is 0.102. The Morgan fingerprint density at radius 1 is 1.13 bits per heavy atom. The molecule has 0 aliphatic carbocycles. The second-order valence-electron chi connectivity index (χ2n) is 11.1. The van der Waals surface area contributed by atoms with Gasteiger partial charge in [0.25, 0.3) is 5.91 Å². The molecule has 202 valence electrons. The highest BCUT2D eigenvalue weighted by molar-refractivity contribution is 7.10. The molecule has 4 heterocycles. The van der Waals surface area contributed by atoms with Crippen LogP contribution in [0.2, 0.25) is 18.1 Å². The lowest BCUT2D eigenvalue weighted by Crippen LogP contribution is -2.40. The number of carbonyl (C=O) groups is 1. The Bertz CT molecular complexity index is 1660. The smallest absolute Gasteiger partial charge is 0.274 e. The van der Waals surface area contributed by atoms with Crippen LogP contribution < -0.4 is 5.32 Å². The number of amides is 1. The Morgan fingerprint density at radius 2 is 1.92 bits per heavy atom. The van der Waals surface area contributed by atoms with Crippen molar-refractivity contribution in [3.63, 3.8) is 0 Å². The van der Waals surface area contributed by atoms with Crippen LogP contribution in [0.5, 0.6) is 0 Å². The van der Waals surface area contributed by atoms with Crippen LogP contribution >= 0.6 is 11.3 Å². The summed E-state index contributed by atoms with van der Waals surface area (Å²) in [6, 6.07) is 9.54. The van der Waals surface area contributed by atoms with Crippen LogP contribution in [0.3, 0.4) is 0 Å². The van der Waals surface area contributed by atoms with Crippen LogP contribution in [-0.4, -0.2) is 38.7 Å². The molecular weight excluding hydrogens is 529 g/mol. The van der Waals surface area contributed by atoms with E-state index in [1.54, 1.807) is 28.9 Å². The molecule has 0 unspecified atom stereocenters. The fraction of sp³-hybridized carbons (Fsp3) is 0.321. The number of nitrogens with one attached hydrogen (secondary N) is 1. The Balaban J connectivity index is 1.33. The van der Waals surface area contributed by atoms with E-state index in [2.05, 4.69) is 54.3 Å². The average Bonchev–Trinajstić information content (AvgIpc) is 3.62. The van der Waals surface area contributed by atoms with Gasteiger partial charge in [0.1, 0.15) is 16.3 Å². The third-order valence-electron chi connectivity index (χ3n) is 7.23. The van der Waals surface area contributed by atoms with E-state index in [0.717, 1.165) is 27.4 Å². The summed E-state index contributed by atoms with van der Waals surface area (Å²) >= 11 is 1.59. The number of benzene rings is 1. The van der Waals surface area contributed by atoms with Gasteiger partial charge < -0.3 is 14.3 Å². The predicted molar refractivity (Wildman–Crippen MR) is 155 cm³/mol. The minimum atomic E-state index is -1.85. The van der Waals surface area contributed by atoms with Crippen molar-refractivity contribution in [2.75, 3.05) is 5.32 Å². The number of nitrogens with zero attached hydrogens (tertiary/aromatic N) is 5. The number of anilines is 1. The van der Waals surface area contributed by atoms with Crippen molar-refractivity contribution < 1.29 is 13.7 Å². The molecule has 0 bridgehead atoms. The fourth-order valence-electron chi connectivity index (χ4n) is 3.78. The van der Waals surface area contributed by atoms with Crippen LogP contribution in [0.25, 0.3) is 28.3 Å². The predicted octanol–water partition coefficient (Wildman–Crippen LogP) is 6.90. The molecule has 0 atom stereocenters. The maximum absolute atomic E-state index is 13.2. The molecule has 0 saturated carbocycles. The van der Waals surface area contributed by atoms with Crippen molar-refractivity contribution in [2.24, 2.45) is 0 Å². The van der Waals surface area contributed by atoms with Gasteiger partial charge in [-0.15, -0.1) is 11.3 Å². The molecule has 5 rings (SSSR count). The first kappa shape index (κ1) is 26.9. The van der Waals surface area contributed by atoms with Gasteiger partial charge in [-0.3, -0.25) is 9.20 Å². The number of aromatic nitrogens is 5. The van der Waals surface area contributed by atoms with Crippen molar-refractivity contribution in [1.82, 2.24) is 24.5 Å². The maximum atomic E-state index is 13.2. The van der Waals surface area contributed by atoms with Crippen molar-refractivity contribution in [3.05, 3.63) is 70.3 Å². The minimum absolute atomic E-state index is 0.150. The van der Waals surface area contributed by atoms with Gasteiger partial charge in [0.2, 0.25) is 11.7 Å². The standard InChI is InChI=1S/C28H32N6O3SSi/c1-17-8-9-20(26-30-18(2)37-33-26)12-21(17)32-27(35)23-14-29-24-13-19(10-11-34(23)24)22-16-38-25(31-22)15-36-39(6,7)28(3,4)5/h8-14,16H,15H2,1-7H3,(H,32,35). The summed E-state index contributed by atoms with van der Waals surface area (Å²) in [5.41, 5.74) is 5.24. The zero-order chi connectivity index (χ0) is 27.9. The Hall–Kier alpha value is -3.67. The van der Waals surface area contributed by atoms with Crippen LogP contribution in [-0.2, 0) is 11.0 Å². The quantitative estimate of drug-likeness (QED) is 0.216. The molecule has 0 spiro atoms. The molecule has 5 aromatic rings. The number of pyridine rings is 1. The summed E-state index contributed by atoms with van der Waals surface area (Å²) in [6.07, 6.45) is 3.43. The van der Waals surface area contributed by atoms with Crippen LogP contribution in [0.15, 0.2) is 52.6 Å². The second-order valence-corrected chi connectivity index (χ2v) is 16.8.